The van der Waals surface area contributed by atoms with Gasteiger partial charge in [-0.2, -0.15) is 0 Å². The van der Waals surface area contributed by atoms with Crippen molar-refractivity contribution in [2.75, 3.05) is 52.4 Å². The fourth-order valence-electron chi connectivity index (χ4n) is 8.08. The zero-order chi connectivity index (χ0) is 42.7. The van der Waals surface area contributed by atoms with Crippen LogP contribution in [0.1, 0.15) is 70.9 Å². The van der Waals surface area contributed by atoms with Gasteiger partial charge in [-0.25, -0.2) is 9.59 Å². The number of phenolic OH excluding ortho intramolecular Hbond substituents is 1. The van der Waals surface area contributed by atoms with Crippen LogP contribution in [0.3, 0.4) is 0 Å². The molecule has 2 bridgehead atoms. The van der Waals surface area contributed by atoms with Gasteiger partial charge in [0.2, 0.25) is 11.5 Å². The first-order valence-corrected chi connectivity index (χ1v) is 20.8. The number of alkyl carbamates (subject to hydrolysis) is 1. The Balaban J connectivity index is 0.844. The Bertz CT molecular complexity index is 2330. The molecule has 5 aromatic rings. The first kappa shape index (κ1) is 42.9. The number of aliphatic hydroxyl groups excluding tert-OH is 1. The molecule has 4 aromatic carbocycles. The SMILES string of the molecule is CC(=O)N(CCCNCC(O)c1ccc(O)c2[nH]c(=O)ccc12)CCOC(=O)c1ccc(COc2cccc([C@@H](NC(=O)OC3CN4CCC3CC4)c3ccccc3)c2)cc1. The van der Waals surface area contributed by atoms with Crippen LogP contribution in [0.5, 0.6) is 11.5 Å². The molecule has 8 rings (SSSR count). The third-order valence-electron chi connectivity index (χ3n) is 11.5. The highest BCUT2D eigenvalue weighted by Gasteiger charge is 2.37. The molecule has 3 aliphatic heterocycles. The molecular weight excluding hydrogens is 779 g/mol. The van der Waals surface area contributed by atoms with Crippen molar-refractivity contribution in [2.45, 2.75) is 51.0 Å². The number of carbonyl (C=O) groups excluding carboxylic acids is 3. The standard InChI is InChI=1S/C47H53N5O9/c1-31(53)52(22-6-21-48-28-41(55)38-15-17-40(54)45-39(38)16-18-43(56)49-45)25-26-59-46(57)35-13-11-32(12-14-35)30-60-37-10-5-9-36(27-37)44(34-7-3-2-4-8-34)50-47(58)61-42-29-51-23-19-33(42)20-24-51/h2-5,7-18,27,33,41-42,44,48,54-55H,6,19-26,28-30H2,1H3,(H,49,56)(H,50,58)/t41?,42?,44-/m0/s1. The molecular formula is C47H53N5O9. The number of aromatic amines is 1. The number of aromatic hydroxyl groups is 1. The first-order chi connectivity index (χ1) is 29.6. The van der Waals surface area contributed by atoms with Gasteiger partial charge in [0.25, 0.3) is 0 Å². The number of H-pyrrole nitrogens is 1. The molecule has 2 amide bonds. The highest BCUT2D eigenvalue weighted by molar-refractivity contribution is 5.89. The Morgan fingerprint density at radius 1 is 0.918 bits per heavy atom. The van der Waals surface area contributed by atoms with Crippen molar-refractivity contribution >= 4 is 28.9 Å². The average Bonchev–Trinajstić information content (AvgIpc) is 3.28. The molecule has 61 heavy (non-hydrogen) atoms. The number of aliphatic hydroxyl groups is 1. The smallest absolute Gasteiger partial charge is 0.408 e. The van der Waals surface area contributed by atoms with Crippen molar-refractivity contribution in [1.29, 1.82) is 0 Å². The van der Waals surface area contributed by atoms with Gasteiger partial charge in [-0.15, -0.1) is 0 Å². The number of ether oxygens (including phenoxy) is 3. The quantitative estimate of drug-likeness (QED) is 0.0560. The summed E-state index contributed by atoms with van der Waals surface area (Å²) in [5.74, 6) is 0.305. The predicted molar refractivity (Wildman–Crippen MR) is 229 cm³/mol. The number of benzene rings is 4. The summed E-state index contributed by atoms with van der Waals surface area (Å²) in [5.41, 5.74) is 3.48. The van der Waals surface area contributed by atoms with E-state index in [1.54, 1.807) is 41.3 Å². The van der Waals surface area contributed by atoms with Crippen LogP contribution in [0.15, 0.2) is 108 Å². The maximum atomic E-state index is 13.2. The minimum atomic E-state index is -0.892. The number of carbonyl (C=O) groups is 3. The van der Waals surface area contributed by atoms with Gasteiger partial charge in [0.05, 0.1) is 29.8 Å². The van der Waals surface area contributed by atoms with Gasteiger partial charge >= 0.3 is 12.1 Å². The van der Waals surface area contributed by atoms with E-state index < -0.39 is 24.2 Å². The maximum absolute atomic E-state index is 13.2. The van der Waals surface area contributed by atoms with Crippen LogP contribution < -0.4 is 20.9 Å². The lowest BCUT2D eigenvalue weighted by Gasteiger charge is -2.43. The predicted octanol–water partition coefficient (Wildman–Crippen LogP) is 5.44. The Hall–Kier alpha value is -6.22. The average molecular weight is 832 g/mol. The third-order valence-corrected chi connectivity index (χ3v) is 11.5. The van der Waals surface area contributed by atoms with Crippen molar-refractivity contribution in [2.24, 2.45) is 5.92 Å². The second-order valence-electron chi connectivity index (χ2n) is 15.6. The molecule has 14 heteroatoms. The Kier molecular flexibility index (Phi) is 14.3. The first-order valence-electron chi connectivity index (χ1n) is 20.8. The molecule has 0 aliphatic carbocycles. The van der Waals surface area contributed by atoms with Crippen LogP contribution >= 0.6 is 0 Å². The monoisotopic (exact) mass is 831 g/mol. The summed E-state index contributed by atoms with van der Waals surface area (Å²) in [4.78, 5) is 56.7. The van der Waals surface area contributed by atoms with Gasteiger partial charge in [0.1, 0.15) is 30.8 Å². The molecule has 14 nitrogen and oxygen atoms in total. The van der Waals surface area contributed by atoms with Crippen LogP contribution in [0.4, 0.5) is 4.79 Å². The number of aromatic nitrogens is 1. The number of fused-ring (bicyclic) bond motifs is 4. The fraction of sp³-hybridized carbons (Fsp3) is 0.362. The van der Waals surface area contributed by atoms with E-state index in [-0.39, 0.29) is 55.1 Å². The Labute approximate surface area is 354 Å². The molecule has 4 heterocycles. The minimum Gasteiger partial charge on any atom is -0.506 e. The molecule has 320 valence electrons. The normalized spacial score (nSPS) is 17.9. The second-order valence-corrected chi connectivity index (χ2v) is 15.6. The Morgan fingerprint density at radius 2 is 1.69 bits per heavy atom. The summed E-state index contributed by atoms with van der Waals surface area (Å²) in [7, 11) is 0. The van der Waals surface area contributed by atoms with Gasteiger partial charge in [-0.05, 0) is 103 Å². The lowest BCUT2D eigenvalue weighted by Crippen LogP contribution is -2.52. The van der Waals surface area contributed by atoms with E-state index in [4.69, 9.17) is 14.2 Å². The van der Waals surface area contributed by atoms with Crippen LogP contribution in [-0.2, 0) is 20.9 Å². The van der Waals surface area contributed by atoms with E-state index >= 15 is 0 Å². The number of piperidine rings is 3. The summed E-state index contributed by atoms with van der Waals surface area (Å²) in [6.45, 7) is 6.05. The molecule has 0 spiro atoms. The number of esters is 1. The number of pyridine rings is 1. The Morgan fingerprint density at radius 3 is 2.43 bits per heavy atom. The number of hydrogen-bond donors (Lipinski definition) is 5. The van der Waals surface area contributed by atoms with Crippen LogP contribution in [-0.4, -0.2) is 101 Å². The van der Waals surface area contributed by atoms with E-state index in [1.165, 1.54) is 19.1 Å². The van der Waals surface area contributed by atoms with Crippen molar-refractivity contribution in [3.63, 3.8) is 0 Å². The van der Waals surface area contributed by atoms with Gasteiger partial charge in [-0.3, -0.25) is 14.5 Å². The van der Waals surface area contributed by atoms with Gasteiger partial charge < -0.3 is 44.9 Å². The van der Waals surface area contributed by atoms with E-state index in [2.05, 4.69) is 20.5 Å². The van der Waals surface area contributed by atoms with Crippen molar-refractivity contribution in [3.8, 4) is 11.5 Å². The topological polar surface area (TPSA) is 183 Å². The highest BCUT2D eigenvalue weighted by atomic mass is 16.6. The number of phenols is 1. The number of hydrogen-bond acceptors (Lipinski definition) is 11. The molecule has 3 saturated heterocycles. The highest BCUT2D eigenvalue weighted by Crippen LogP contribution is 2.31. The van der Waals surface area contributed by atoms with Crippen LogP contribution in [0.2, 0.25) is 0 Å². The van der Waals surface area contributed by atoms with Crippen molar-refractivity contribution in [1.82, 2.24) is 25.4 Å². The third kappa shape index (κ3) is 11.3. The summed E-state index contributed by atoms with van der Waals surface area (Å²) < 4.78 is 17.6. The zero-order valence-corrected chi connectivity index (χ0v) is 34.3. The van der Waals surface area contributed by atoms with E-state index in [0.29, 0.717) is 47.7 Å². The number of nitrogens with one attached hydrogen (secondary N) is 3. The number of rotatable bonds is 18. The van der Waals surface area contributed by atoms with Crippen molar-refractivity contribution in [3.05, 3.63) is 141 Å². The molecule has 3 atom stereocenters. The van der Waals surface area contributed by atoms with Gasteiger partial charge in [-0.1, -0.05) is 60.7 Å². The summed E-state index contributed by atoms with van der Waals surface area (Å²) in [6, 6.07) is 29.9. The van der Waals surface area contributed by atoms with E-state index in [0.717, 1.165) is 49.2 Å². The van der Waals surface area contributed by atoms with Gasteiger partial charge in [0, 0.05) is 38.0 Å². The lowest BCUT2D eigenvalue weighted by atomic mass is 9.86. The number of amides is 2. The summed E-state index contributed by atoms with van der Waals surface area (Å²) in [6.07, 6.45) is 1.28. The largest absolute Gasteiger partial charge is 0.506 e. The molecule has 2 unspecified atom stereocenters. The van der Waals surface area contributed by atoms with Crippen LogP contribution in [0.25, 0.3) is 10.9 Å². The molecule has 3 aliphatic rings. The summed E-state index contributed by atoms with van der Waals surface area (Å²) >= 11 is 0. The zero-order valence-electron chi connectivity index (χ0n) is 34.3. The number of nitrogens with zero attached hydrogens (tertiary/aromatic N) is 2. The molecule has 0 radical (unpaired) electrons. The molecule has 1 aromatic heterocycles. The maximum Gasteiger partial charge on any atom is 0.408 e. The lowest BCUT2D eigenvalue weighted by molar-refractivity contribution is -0.129. The van der Waals surface area contributed by atoms with Crippen LogP contribution in [0, 0.1) is 5.92 Å². The molecule has 0 saturated carbocycles. The van der Waals surface area contributed by atoms with E-state index in [1.807, 2.05) is 54.6 Å². The summed E-state index contributed by atoms with van der Waals surface area (Å²) in [5, 5.41) is 27.7. The molecule has 3 fully saturated rings. The molecule has 5 N–H and O–H groups in total. The van der Waals surface area contributed by atoms with Crippen molar-refractivity contribution < 1.29 is 38.8 Å². The second kappa shape index (κ2) is 20.4. The minimum absolute atomic E-state index is 0.0258. The van der Waals surface area contributed by atoms with Gasteiger partial charge in [0.15, 0.2) is 0 Å². The van der Waals surface area contributed by atoms with E-state index in [9.17, 15) is 29.4 Å². The fourth-order valence-corrected chi connectivity index (χ4v) is 8.08.